The first-order chi connectivity index (χ1) is 24.8. The van der Waals surface area contributed by atoms with Crippen molar-refractivity contribution in [3.05, 3.63) is 154 Å². The Kier molecular flexibility index (Phi) is 4.92. The molecule has 0 nitrogen and oxygen atoms in total. The fourth-order valence-corrected chi connectivity index (χ4v) is 11.9. The minimum absolute atomic E-state index is 0.0960. The first-order valence-corrected chi connectivity index (χ1v) is 19.2. The number of hydrogen-bond donors (Lipinski definition) is 0. The van der Waals surface area contributed by atoms with Crippen LogP contribution in [0.5, 0.6) is 0 Å². The van der Waals surface area contributed by atoms with Gasteiger partial charge in [-0.25, -0.2) is 0 Å². The maximum Gasteiger partial charge on any atom is 0.0159 e. The summed E-state index contributed by atoms with van der Waals surface area (Å²) in [6.45, 7) is 19.5. The Morgan fingerprint density at radius 3 is 0.962 bits per heavy atom. The van der Waals surface area contributed by atoms with Crippen LogP contribution in [0, 0.1) is 0 Å². The van der Waals surface area contributed by atoms with Crippen molar-refractivity contribution in [1.82, 2.24) is 0 Å². The SMILES string of the molecule is CC1(C)c2ccc3c(-c4ccc5c6c7c(ccc46)C(C)(C)c4cccc6ccc(c-7c46)C5(C)C)ccc4c3c2-c2c(ccc3cccc1c23)C4(C)C. The van der Waals surface area contributed by atoms with E-state index < -0.39 is 0 Å². The largest absolute Gasteiger partial charge is 0.0613 e. The number of hydrogen-bond acceptors (Lipinski definition) is 0. The van der Waals surface area contributed by atoms with Gasteiger partial charge in [-0.15, -0.1) is 0 Å². The summed E-state index contributed by atoms with van der Waals surface area (Å²) in [4.78, 5) is 0. The molecule has 0 bridgehead atoms. The van der Waals surface area contributed by atoms with E-state index in [0.29, 0.717) is 0 Å². The molecular weight excluding hydrogens is 625 g/mol. The standard InChI is InChI=1S/C52H42/c1-49(2)33-13-9-11-27-15-21-37-45(41(27)33)47-39(49)25-19-31-29(17-23-35(43(31)47)51(37,5)6)30-18-24-36-44-32(30)20-26-40-48(44)46-38(52(36,7)8)22-16-28-12-10-14-34(42(28)46)50(40,3)4/h9-26H,1-8H3. The lowest BCUT2D eigenvalue weighted by Crippen LogP contribution is -2.30. The normalized spacial score (nSPS) is 18.2. The average molecular weight is 667 g/mol. The molecule has 8 aromatic rings. The summed E-state index contributed by atoms with van der Waals surface area (Å²) in [5, 5.41) is 11.3. The molecule has 0 N–H and O–H groups in total. The van der Waals surface area contributed by atoms with E-state index in [4.69, 9.17) is 0 Å². The summed E-state index contributed by atoms with van der Waals surface area (Å²) in [5.74, 6) is 0. The van der Waals surface area contributed by atoms with E-state index in [-0.39, 0.29) is 21.7 Å². The molecule has 52 heavy (non-hydrogen) atoms. The van der Waals surface area contributed by atoms with E-state index in [0.717, 1.165) is 0 Å². The van der Waals surface area contributed by atoms with Crippen LogP contribution in [0.25, 0.3) is 76.5 Å². The zero-order chi connectivity index (χ0) is 35.4. The molecule has 0 amide bonds. The average Bonchev–Trinajstić information content (AvgIpc) is 3.13. The molecule has 12 rings (SSSR count). The maximum atomic E-state index is 2.48. The fraction of sp³-hybridized carbons (Fsp3) is 0.231. The van der Waals surface area contributed by atoms with Gasteiger partial charge in [0.1, 0.15) is 0 Å². The van der Waals surface area contributed by atoms with Gasteiger partial charge in [-0.3, -0.25) is 0 Å². The van der Waals surface area contributed by atoms with Gasteiger partial charge in [0, 0.05) is 21.7 Å². The molecule has 0 heteroatoms. The van der Waals surface area contributed by atoms with Gasteiger partial charge < -0.3 is 0 Å². The van der Waals surface area contributed by atoms with Gasteiger partial charge in [-0.2, -0.15) is 0 Å². The highest BCUT2D eigenvalue weighted by molar-refractivity contribution is 6.21. The first-order valence-electron chi connectivity index (χ1n) is 19.2. The highest BCUT2D eigenvalue weighted by Gasteiger charge is 2.44. The van der Waals surface area contributed by atoms with E-state index in [2.05, 4.69) is 165 Å². The van der Waals surface area contributed by atoms with Crippen LogP contribution in [-0.2, 0) is 21.7 Å². The minimum atomic E-state index is -0.121. The molecule has 0 radical (unpaired) electrons. The molecule has 0 unspecified atom stereocenters. The summed E-state index contributed by atoms with van der Waals surface area (Å²) < 4.78 is 0. The summed E-state index contributed by atoms with van der Waals surface area (Å²) in [6.07, 6.45) is 0. The fourth-order valence-electron chi connectivity index (χ4n) is 11.9. The second-order valence-electron chi connectivity index (χ2n) is 18.4. The van der Waals surface area contributed by atoms with E-state index in [1.54, 1.807) is 0 Å². The molecule has 0 spiro atoms. The van der Waals surface area contributed by atoms with Crippen LogP contribution in [0.15, 0.2) is 109 Å². The second-order valence-corrected chi connectivity index (χ2v) is 18.4. The van der Waals surface area contributed by atoms with Crippen LogP contribution in [0.2, 0.25) is 0 Å². The molecule has 0 heterocycles. The van der Waals surface area contributed by atoms with Gasteiger partial charge in [0.05, 0.1) is 0 Å². The monoisotopic (exact) mass is 666 g/mol. The topological polar surface area (TPSA) is 0 Å². The van der Waals surface area contributed by atoms with Gasteiger partial charge in [0.2, 0.25) is 0 Å². The number of benzene rings is 8. The van der Waals surface area contributed by atoms with Crippen molar-refractivity contribution in [3.63, 3.8) is 0 Å². The molecule has 0 aromatic heterocycles. The van der Waals surface area contributed by atoms with Crippen LogP contribution in [-0.4, -0.2) is 0 Å². The van der Waals surface area contributed by atoms with Gasteiger partial charge in [-0.1, -0.05) is 165 Å². The Morgan fingerprint density at radius 2 is 0.577 bits per heavy atom. The Balaban J connectivity index is 1.23. The summed E-state index contributed by atoms with van der Waals surface area (Å²) >= 11 is 0. The smallest absolute Gasteiger partial charge is 0.0159 e. The molecule has 250 valence electrons. The van der Waals surface area contributed by atoms with Crippen molar-refractivity contribution in [3.8, 4) is 33.4 Å². The van der Waals surface area contributed by atoms with Crippen molar-refractivity contribution in [1.29, 1.82) is 0 Å². The van der Waals surface area contributed by atoms with E-state index >= 15 is 0 Å². The lowest BCUT2D eigenvalue weighted by atomic mass is 9.59. The Labute approximate surface area is 306 Å². The zero-order valence-corrected chi connectivity index (χ0v) is 31.4. The first kappa shape index (κ1) is 29.4. The summed E-state index contributed by atoms with van der Waals surface area (Å²) in [6, 6.07) is 43.2. The number of rotatable bonds is 1. The van der Waals surface area contributed by atoms with Crippen molar-refractivity contribution in [2.45, 2.75) is 77.0 Å². The molecule has 4 aliphatic carbocycles. The van der Waals surface area contributed by atoms with Crippen molar-refractivity contribution in [2.75, 3.05) is 0 Å². The zero-order valence-electron chi connectivity index (χ0n) is 31.4. The van der Waals surface area contributed by atoms with Crippen molar-refractivity contribution >= 4 is 43.1 Å². The minimum Gasteiger partial charge on any atom is -0.0613 e. The van der Waals surface area contributed by atoms with E-state index in [9.17, 15) is 0 Å². The van der Waals surface area contributed by atoms with E-state index in [1.165, 1.54) is 121 Å². The lowest BCUT2D eigenvalue weighted by molar-refractivity contribution is 0.627. The van der Waals surface area contributed by atoms with Gasteiger partial charge in [0.15, 0.2) is 0 Å². The van der Waals surface area contributed by atoms with Gasteiger partial charge >= 0.3 is 0 Å². The lowest BCUT2D eigenvalue weighted by Gasteiger charge is -2.44. The molecule has 8 aromatic carbocycles. The third-order valence-corrected chi connectivity index (χ3v) is 14.6. The Morgan fingerprint density at radius 1 is 0.269 bits per heavy atom. The van der Waals surface area contributed by atoms with Crippen LogP contribution < -0.4 is 0 Å². The van der Waals surface area contributed by atoms with Crippen LogP contribution in [0.4, 0.5) is 0 Å². The Bertz CT molecular complexity index is 2840. The van der Waals surface area contributed by atoms with Crippen LogP contribution >= 0.6 is 0 Å². The van der Waals surface area contributed by atoms with Crippen molar-refractivity contribution < 1.29 is 0 Å². The third kappa shape index (κ3) is 3.02. The molecule has 0 aliphatic heterocycles. The Hall–Kier alpha value is -5.20. The van der Waals surface area contributed by atoms with Gasteiger partial charge in [0.25, 0.3) is 0 Å². The van der Waals surface area contributed by atoms with Crippen LogP contribution in [0.1, 0.15) is 99.9 Å². The van der Waals surface area contributed by atoms with Crippen molar-refractivity contribution in [2.24, 2.45) is 0 Å². The van der Waals surface area contributed by atoms with E-state index in [1.807, 2.05) is 0 Å². The highest BCUT2D eigenvalue weighted by Crippen LogP contribution is 2.62. The second kappa shape index (κ2) is 8.70. The predicted molar refractivity (Wildman–Crippen MR) is 221 cm³/mol. The highest BCUT2D eigenvalue weighted by atomic mass is 14.5. The quantitative estimate of drug-likeness (QED) is 0.164. The maximum absolute atomic E-state index is 2.48. The molecule has 4 aliphatic rings. The molecule has 0 atom stereocenters. The van der Waals surface area contributed by atoms with Crippen LogP contribution in [0.3, 0.4) is 0 Å². The predicted octanol–water partition coefficient (Wildman–Crippen LogP) is 13.9. The molecule has 0 saturated carbocycles. The molecule has 0 fully saturated rings. The van der Waals surface area contributed by atoms with Gasteiger partial charge in [-0.05, 0) is 121 Å². The third-order valence-electron chi connectivity index (χ3n) is 14.6. The molecular formula is C52H42. The summed E-state index contributed by atoms with van der Waals surface area (Å²) in [5.41, 5.74) is 19.7. The molecule has 0 saturated heterocycles. The summed E-state index contributed by atoms with van der Waals surface area (Å²) in [7, 11) is 0.